The van der Waals surface area contributed by atoms with Gasteiger partial charge in [-0.3, -0.25) is 4.79 Å². The van der Waals surface area contributed by atoms with Crippen molar-refractivity contribution in [2.45, 2.75) is 124 Å². The molecule has 5 fully saturated rings. The van der Waals surface area contributed by atoms with E-state index in [0.717, 1.165) is 32.1 Å². The predicted molar refractivity (Wildman–Crippen MR) is 130 cm³/mol. The van der Waals surface area contributed by atoms with Crippen LogP contribution in [0.4, 0.5) is 0 Å². The summed E-state index contributed by atoms with van der Waals surface area (Å²) in [5.74, 6) is 3.27. The van der Waals surface area contributed by atoms with E-state index in [1.165, 1.54) is 19.3 Å². The van der Waals surface area contributed by atoms with Gasteiger partial charge in [0.2, 0.25) is 0 Å². The van der Waals surface area contributed by atoms with Crippen LogP contribution in [-0.4, -0.2) is 39.9 Å². The van der Waals surface area contributed by atoms with E-state index in [9.17, 15) is 15.0 Å². The summed E-state index contributed by atoms with van der Waals surface area (Å²) in [5.41, 5.74) is -0.737. The summed E-state index contributed by atoms with van der Waals surface area (Å²) in [5, 5.41) is 21.8. The minimum atomic E-state index is -0.590. The van der Waals surface area contributed by atoms with Crippen LogP contribution in [0, 0.1) is 51.8 Å². The van der Waals surface area contributed by atoms with Gasteiger partial charge in [0.15, 0.2) is 5.78 Å². The number of ketones is 1. The van der Waals surface area contributed by atoms with Gasteiger partial charge < -0.3 is 14.9 Å². The van der Waals surface area contributed by atoms with Gasteiger partial charge in [-0.05, 0) is 93.3 Å². The number of carbonyl (C=O) groups is 1. The summed E-state index contributed by atoms with van der Waals surface area (Å²) in [7, 11) is 0. The van der Waals surface area contributed by atoms with E-state index in [1.807, 2.05) is 13.8 Å². The highest BCUT2D eigenvalue weighted by Crippen LogP contribution is 2.72. The number of epoxide rings is 1. The van der Waals surface area contributed by atoms with Gasteiger partial charge in [-0.2, -0.15) is 0 Å². The van der Waals surface area contributed by atoms with Crippen LogP contribution in [0.2, 0.25) is 0 Å². The zero-order valence-corrected chi connectivity index (χ0v) is 22.1. The molecule has 5 aliphatic rings. The first-order valence-electron chi connectivity index (χ1n) is 13.8. The maximum absolute atomic E-state index is 13.0. The second kappa shape index (κ2) is 7.53. The minimum Gasteiger partial charge on any atom is -0.393 e. The van der Waals surface area contributed by atoms with E-state index >= 15 is 0 Å². The lowest BCUT2D eigenvalue weighted by Gasteiger charge is -2.64. The maximum atomic E-state index is 13.0. The molecule has 0 aromatic rings. The van der Waals surface area contributed by atoms with Gasteiger partial charge in [0.1, 0.15) is 6.10 Å². The predicted octanol–water partition coefficient (Wildman–Crippen LogP) is 5.39. The van der Waals surface area contributed by atoms with E-state index in [2.05, 4.69) is 34.6 Å². The van der Waals surface area contributed by atoms with Gasteiger partial charge in [-0.1, -0.05) is 47.5 Å². The van der Waals surface area contributed by atoms with Crippen molar-refractivity contribution in [3.63, 3.8) is 0 Å². The molecule has 5 unspecified atom stereocenters. The Morgan fingerprint density at radius 2 is 1.82 bits per heavy atom. The number of ether oxygens (including phenoxy) is 1. The molecule has 2 N–H and O–H groups in total. The maximum Gasteiger partial charge on any atom is 0.170 e. The van der Waals surface area contributed by atoms with Crippen molar-refractivity contribution in [3.05, 3.63) is 0 Å². The average Bonchev–Trinajstić information content (AvgIpc) is 3.42. The van der Waals surface area contributed by atoms with E-state index in [-0.39, 0.29) is 34.6 Å². The van der Waals surface area contributed by atoms with Crippen molar-refractivity contribution < 1.29 is 19.7 Å². The molecule has 0 aromatic carbocycles. The van der Waals surface area contributed by atoms with Crippen molar-refractivity contribution in [2.75, 3.05) is 0 Å². The fourth-order valence-corrected chi connectivity index (χ4v) is 10.2. The fourth-order valence-electron chi connectivity index (χ4n) is 10.2. The van der Waals surface area contributed by atoms with Crippen LogP contribution in [0.1, 0.15) is 99.8 Å². The van der Waals surface area contributed by atoms with E-state index in [0.29, 0.717) is 41.3 Å². The van der Waals surface area contributed by atoms with Gasteiger partial charge in [0.05, 0.1) is 17.8 Å². The number of hydrogen-bond donors (Lipinski definition) is 2. The first kappa shape index (κ1) is 24.3. The first-order valence-corrected chi connectivity index (χ1v) is 13.8. The molecule has 0 spiro atoms. The Balaban J connectivity index is 1.38. The first-order chi connectivity index (χ1) is 15.2. The quantitative estimate of drug-likeness (QED) is 0.540. The van der Waals surface area contributed by atoms with E-state index < -0.39 is 5.60 Å². The number of rotatable bonds is 5. The topological polar surface area (TPSA) is 70.1 Å². The third-order valence-corrected chi connectivity index (χ3v) is 11.8. The summed E-state index contributed by atoms with van der Waals surface area (Å²) in [4.78, 5) is 13.0. The molecule has 1 aliphatic heterocycles. The summed E-state index contributed by atoms with van der Waals surface area (Å²) >= 11 is 0. The lowest BCUT2D eigenvalue weighted by molar-refractivity contribution is -0.184. The standard InChI is InChI=1S/C29H48O4/c1-16(9-8-13-26(2,3)32)17-12-14-28(6)18-10-11-21-27(4,5)24(31)23-25(33-23)29(21,7)19(18)15-20(30)22(17)28/h16-23,25,30,32H,8-15H2,1-7H3/t16-,17+,18+,19-,20?,21?,22?,23?,25?,28+,29+/m0/s1. The van der Waals surface area contributed by atoms with Crippen LogP contribution >= 0.6 is 0 Å². The highest BCUT2D eigenvalue weighted by molar-refractivity contribution is 5.92. The number of fused-ring (bicyclic) bond motifs is 7. The van der Waals surface area contributed by atoms with Gasteiger partial charge in [0, 0.05) is 10.8 Å². The van der Waals surface area contributed by atoms with Gasteiger partial charge in [-0.15, -0.1) is 0 Å². The third-order valence-electron chi connectivity index (χ3n) is 11.8. The number of aliphatic hydroxyl groups excluding tert-OH is 1. The molecule has 4 saturated carbocycles. The Kier molecular flexibility index (Phi) is 5.53. The lowest BCUT2D eigenvalue weighted by atomic mass is 9.40. The highest BCUT2D eigenvalue weighted by Gasteiger charge is 2.74. The monoisotopic (exact) mass is 460 g/mol. The third kappa shape index (κ3) is 3.44. The number of Topliss-reactive ketones (excluding diaryl/α,β-unsaturated/α-hetero) is 1. The van der Waals surface area contributed by atoms with Gasteiger partial charge in [0.25, 0.3) is 0 Å². The van der Waals surface area contributed by atoms with E-state index in [1.54, 1.807) is 0 Å². The molecule has 33 heavy (non-hydrogen) atoms. The largest absolute Gasteiger partial charge is 0.393 e. The molecule has 4 aliphatic carbocycles. The molecule has 0 aromatic heterocycles. The van der Waals surface area contributed by atoms with Gasteiger partial charge >= 0.3 is 0 Å². The number of carbonyl (C=O) groups excluding carboxylic acids is 1. The van der Waals surface area contributed by atoms with Crippen LogP contribution in [0.5, 0.6) is 0 Å². The Morgan fingerprint density at radius 1 is 1.12 bits per heavy atom. The van der Waals surface area contributed by atoms with Crippen molar-refractivity contribution >= 4 is 5.78 Å². The Morgan fingerprint density at radius 3 is 2.48 bits per heavy atom. The highest BCUT2D eigenvalue weighted by atomic mass is 16.6. The van der Waals surface area contributed by atoms with Crippen LogP contribution in [0.25, 0.3) is 0 Å². The molecule has 11 atom stereocenters. The SMILES string of the molecule is C[C@@H](CCCC(C)(C)O)[C@H]1CC[C@@]2(C)C1C(O)C[C@H]1[C@H]2CCC2C(C)(C)C(=O)C3OC3[C@@]21C. The molecule has 0 radical (unpaired) electrons. The minimum absolute atomic E-state index is 0.00361. The average molecular weight is 461 g/mol. The summed E-state index contributed by atoms with van der Waals surface area (Å²) in [6.07, 6.45) is 8.27. The molecule has 4 heteroatoms. The molecule has 4 nitrogen and oxygen atoms in total. The molecule has 188 valence electrons. The molecular weight excluding hydrogens is 412 g/mol. The van der Waals surface area contributed by atoms with Crippen LogP contribution in [0.3, 0.4) is 0 Å². The van der Waals surface area contributed by atoms with Crippen molar-refractivity contribution in [1.82, 2.24) is 0 Å². The number of hydrogen-bond acceptors (Lipinski definition) is 4. The van der Waals surface area contributed by atoms with Crippen molar-refractivity contribution in [2.24, 2.45) is 51.8 Å². The van der Waals surface area contributed by atoms with Crippen molar-refractivity contribution in [1.29, 1.82) is 0 Å². The Labute approximate surface area is 201 Å². The molecule has 1 saturated heterocycles. The Bertz CT molecular complexity index is 798. The molecular formula is C29H48O4. The second-order valence-corrected chi connectivity index (χ2v) is 14.5. The Hall–Kier alpha value is -0.450. The van der Waals surface area contributed by atoms with Gasteiger partial charge in [-0.25, -0.2) is 0 Å². The molecule has 0 bridgehead atoms. The molecule has 5 rings (SSSR count). The van der Waals surface area contributed by atoms with Crippen LogP contribution in [-0.2, 0) is 9.53 Å². The molecule has 0 amide bonds. The zero-order chi connectivity index (χ0) is 24.1. The zero-order valence-electron chi connectivity index (χ0n) is 22.1. The van der Waals surface area contributed by atoms with Crippen LogP contribution in [0.15, 0.2) is 0 Å². The molecule has 1 heterocycles. The summed E-state index contributed by atoms with van der Waals surface area (Å²) < 4.78 is 6.11. The fraction of sp³-hybridized carbons (Fsp3) is 0.966. The van der Waals surface area contributed by atoms with E-state index in [4.69, 9.17) is 4.74 Å². The van der Waals surface area contributed by atoms with Crippen LogP contribution < -0.4 is 0 Å². The lowest BCUT2D eigenvalue weighted by Crippen LogP contribution is -2.64. The summed E-state index contributed by atoms with van der Waals surface area (Å²) in [6, 6.07) is 0. The smallest absolute Gasteiger partial charge is 0.170 e. The number of aliphatic hydroxyl groups is 2. The normalized spacial score (nSPS) is 51.2. The van der Waals surface area contributed by atoms with Crippen molar-refractivity contribution in [3.8, 4) is 0 Å². The summed E-state index contributed by atoms with van der Waals surface area (Å²) in [6.45, 7) is 15.4. The second-order valence-electron chi connectivity index (χ2n) is 14.5.